The first-order valence-corrected chi connectivity index (χ1v) is 8.97. The molecule has 0 aliphatic heterocycles. The van der Waals surface area contributed by atoms with Crippen molar-refractivity contribution in [2.24, 2.45) is 5.92 Å². The number of carbonyl (C=O) groups excluding carboxylic acids is 1. The number of amides is 1. The number of nitrogens with zero attached hydrogens (tertiary/aromatic N) is 1. The van der Waals surface area contributed by atoms with Gasteiger partial charge in [0.1, 0.15) is 5.76 Å². The third-order valence-corrected chi connectivity index (χ3v) is 4.52. The van der Waals surface area contributed by atoms with Crippen LogP contribution in [0.4, 0.5) is 5.82 Å². The molecule has 0 aliphatic carbocycles. The van der Waals surface area contributed by atoms with Crippen molar-refractivity contribution in [1.29, 1.82) is 0 Å². The number of aromatic nitrogens is 1. The van der Waals surface area contributed by atoms with E-state index in [2.05, 4.69) is 67.8 Å². The summed E-state index contributed by atoms with van der Waals surface area (Å²) in [6.07, 6.45) is 1.13. The van der Waals surface area contributed by atoms with Crippen molar-refractivity contribution in [2.75, 3.05) is 11.9 Å². The second kappa shape index (κ2) is 8.81. The topological polar surface area (TPSA) is 67.2 Å². The predicted molar refractivity (Wildman–Crippen MR) is 101 cm³/mol. The molecule has 1 amide bonds. The number of hydrogen-bond donors (Lipinski definition) is 2. The Morgan fingerprint density at radius 2 is 1.80 bits per heavy atom. The van der Waals surface area contributed by atoms with Gasteiger partial charge in [0.15, 0.2) is 5.82 Å². The Kier molecular flexibility index (Phi) is 6.76. The van der Waals surface area contributed by atoms with Crippen molar-refractivity contribution < 1.29 is 9.32 Å². The van der Waals surface area contributed by atoms with Gasteiger partial charge in [-0.15, -0.1) is 0 Å². The van der Waals surface area contributed by atoms with E-state index in [0.717, 1.165) is 6.42 Å². The quantitative estimate of drug-likeness (QED) is 0.744. The monoisotopic (exact) mass is 343 g/mol. The maximum atomic E-state index is 12.1. The molecule has 0 saturated carbocycles. The van der Waals surface area contributed by atoms with Gasteiger partial charge >= 0.3 is 0 Å². The van der Waals surface area contributed by atoms with E-state index < -0.39 is 0 Å². The number of hydrogen-bond acceptors (Lipinski definition) is 4. The van der Waals surface area contributed by atoms with Crippen LogP contribution in [0.15, 0.2) is 34.9 Å². The number of benzene rings is 1. The summed E-state index contributed by atoms with van der Waals surface area (Å²) in [4.78, 5) is 12.1. The minimum atomic E-state index is -0.129. The first-order valence-electron chi connectivity index (χ1n) is 8.97. The zero-order valence-electron chi connectivity index (χ0n) is 15.8. The lowest BCUT2D eigenvalue weighted by Crippen LogP contribution is -2.33. The highest BCUT2D eigenvalue weighted by atomic mass is 16.5. The van der Waals surface area contributed by atoms with Gasteiger partial charge in [0.05, 0.1) is 6.54 Å². The Labute approximate surface area is 150 Å². The number of anilines is 1. The molecule has 1 aromatic heterocycles. The second-order valence-corrected chi connectivity index (χ2v) is 6.95. The van der Waals surface area contributed by atoms with Gasteiger partial charge in [0.25, 0.3) is 0 Å². The fourth-order valence-corrected chi connectivity index (χ4v) is 2.82. The lowest BCUT2D eigenvalue weighted by Gasteiger charge is -2.23. The first kappa shape index (κ1) is 19.2. The summed E-state index contributed by atoms with van der Waals surface area (Å²) in [5, 5.41) is 9.86. The first-order chi connectivity index (χ1) is 11.9. The van der Waals surface area contributed by atoms with Gasteiger partial charge in [-0.3, -0.25) is 4.79 Å². The highest BCUT2D eigenvalue weighted by Crippen LogP contribution is 2.25. The van der Waals surface area contributed by atoms with Gasteiger partial charge in [0.2, 0.25) is 5.91 Å². The molecule has 2 N–H and O–H groups in total. The molecule has 2 rings (SSSR count). The zero-order chi connectivity index (χ0) is 18.4. The lowest BCUT2D eigenvalue weighted by atomic mass is 9.92. The van der Waals surface area contributed by atoms with Gasteiger partial charge in [0, 0.05) is 12.1 Å². The van der Waals surface area contributed by atoms with Crippen molar-refractivity contribution in [3.63, 3.8) is 0 Å². The molecule has 1 heterocycles. The molecule has 0 unspecified atom stereocenters. The van der Waals surface area contributed by atoms with Crippen LogP contribution in [0.2, 0.25) is 0 Å². The molecule has 0 fully saturated rings. The fourth-order valence-electron chi connectivity index (χ4n) is 2.82. The molecule has 5 nitrogen and oxygen atoms in total. The molecule has 0 bridgehead atoms. The van der Waals surface area contributed by atoms with E-state index in [1.165, 1.54) is 11.1 Å². The highest BCUT2D eigenvalue weighted by Gasteiger charge is 2.17. The Morgan fingerprint density at radius 3 is 2.32 bits per heavy atom. The van der Waals surface area contributed by atoms with Crippen LogP contribution < -0.4 is 10.6 Å². The van der Waals surface area contributed by atoms with E-state index in [1.807, 2.05) is 0 Å². The van der Waals surface area contributed by atoms with E-state index in [4.69, 9.17) is 4.52 Å². The number of rotatable bonds is 8. The Morgan fingerprint density at radius 1 is 1.16 bits per heavy atom. The van der Waals surface area contributed by atoms with Crippen LogP contribution in [0.25, 0.3) is 0 Å². The lowest BCUT2D eigenvalue weighted by molar-refractivity contribution is -0.115. The third kappa shape index (κ3) is 5.43. The standard InChI is InChI=1S/C20H29N3O2/c1-6-14(4)16-7-9-17(10-8-16)20(13(2)3)21-12-19(24)22-18-11-15(5)25-23-18/h7-11,13-14,20-21H,6,12H2,1-5H3,(H,22,23,24)/t14-,20+/m0/s1. The van der Waals surface area contributed by atoms with Crippen molar-refractivity contribution in [3.05, 3.63) is 47.2 Å². The molecule has 2 atom stereocenters. The van der Waals surface area contributed by atoms with E-state index in [1.54, 1.807) is 13.0 Å². The van der Waals surface area contributed by atoms with E-state index in [-0.39, 0.29) is 18.5 Å². The Hall–Kier alpha value is -2.14. The van der Waals surface area contributed by atoms with Crippen molar-refractivity contribution in [1.82, 2.24) is 10.5 Å². The zero-order valence-corrected chi connectivity index (χ0v) is 15.8. The summed E-state index contributed by atoms with van der Waals surface area (Å²) in [6, 6.07) is 10.5. The molecule has 0 saturated heterocycles. The molecular weight excluding hydrogens is 314 g/mol. The Bertz CT molecular complexity index is 677. The molecule has 2 aromatic rings. The SMILES string of the molecule is CC[C@H](C)c1ccc([C@H](NCC(=O)Nc2cc(C)on2)C(C)C)cc1. The summed E-state index contributed by atoms with van der Waals surface area (Å²) in [6.45, 7) is 10.8. The van der Waals surface area contributed by atoms with Crippen LogP contribution in [0.1, 0.15) is 63.0 Å². The van der Waals surface area contributed by atoms with E-state index in [9.17, 15) is 4.79 Å². The summed E-state index contributed by atoms with van der Waals surface area (Å²) < 4.78 is 4.95. The van der Waals surface area contributed by atoms with Crippen molar-refractivity contribution >= 4 is 11.7 Å². The summed E-state index contributed by atoms with van der Waals surface area (Å²) in [5.41, 5.74) is 2.56. The highest BCUT2D eigenvalue weighted by molar-refractivity contribution is 5.91. The van der Waals surface area contributed by atoms with Gasteiger partial charge < -0.3 is 15.2 Å². The maximum Gasteiger partial charge on any atom is 0.239 e. The largest absolute Gasteiger partial charge is 0.360 e. The molecule has 136 valence electrons. The third-order valence-electron chi connectivity index (χ3n) is 4.52. The number of carbonyl (C=O) groups is 1. The number of nitrogens with one attached hydrogen (secondary N) is 2. The van der Waals surface area contributed by atoms with Crippen LogP contribution in [-0.4, -0.2) is 17.6 Å². The molecule has 1 aromatic carbocycles. The molecule has 0 spiro atoms. The average molecular weight is 343 g/mol. The minimum Gasteiger partial charge on any atom is -0.360 e. The smallest absolute Gasteiger partial charge is 0.239 e. The van der Waals surface area contributed by atoms with Crippen LogP contribution in [-0.2, 0) is 4.79 Å². The second-order valence-electron chi connectivity index (χ2n) is 6.95. The summed E-state index contributed by atoms with van der Waals surface area (Å²) in [7, 11) is 0. The normalized spacial score (nSPS) is 13.7. The maximum absolute atomic E-state index is 12.1. The van der Waals surface area contributed by atoms with Crippen molar-refractivity contribution in [2.45, 2.75) is 53.0 Å². The summed E-state index contributed by atoms with van der Waals surface area (Å²) in [5.74, 6) is 1.93. The van der Waals surface area contributed by atoms with Gasteiger partial charge in [-0.05, 0) is 36.3 Å². The van der Waals surface area contributed by atoms with Crippen LogP contribution in [0.5, 0.6) is 0 Å². The molecular formula is C20H29N3O2. The van der Waals surface area contributed by atoms with E-state index in [0.29, 0.717) is 23.4 Å². The Balaban J connectivity index is 1.97. The van der Waals surface area contributed by atoms with Crippen LogP contribution in [0.3, 0.4) is 0 Å². The van der Waals surface area contributed by atoms with Crippen molar-refractivity contribution in [3.8, 4) is 0 Å². The molecule has 25 heavy (non-hydrogen) atoms. The summed E-state index contributed by atoms with van der Waals surface area (Å²) >= 11 is 0. The minimum absolute atomic E-state index is 0.121. The van der Waals surface area contributed by atoms with Gasteiger partial charge in [-0.2, -0.15) is 0 Å². The molecule has 5 heteroatoms. The average Bonchev–Trinajstić information content (AvgIpc) is 2.99. The van der Waals surface area contributed by atoms with Gasteiger partial charge in [-0.1, -0.05) is 57.1 Å². The van der Waals surface area contributed by atoms with Crippen LogP contribution >= 0.6 is 0 Å². The fraction of sp³-hybridized carbons (Fsp3) is 0.500. The van der Waals surface area contributed by atoms with Crippen LogP contribution in [0, 0.1) is 12.8 Å². The van der Waals surface area contributed by atoms with Gasteiger partial charge in [-0.25, -0.2) is 0 Å². The molecule has 0 aliphatic rings. The number of aryl methyl sites for hydroxylation is 1. The molecule has 0 radical (unpaired) electrons. The van der Waals surface area contributed by atoms with E-state index >= 15 is 0 Å². The predicted octanol–water partition coefficient (Wildman–Crippen LogP) is 4.42.